The Morgan fingerprint density at radius 3 is 2.87 bits per heavy atom. The summed E-state index contributed by atoms with van der Waals surface area (Å²) in [7, 11) is 0. The highest BCUT2D eigenvalue weighted by molar-refractivity contribution is 5.85. The number of hydrogen-bond donors (Lipinski definition) is 2. The van der Waals surface area contributed by atoms with E-state index in [1.807, 2.05) is 0 Å². The van der Waals surface area contributed by atoms with Crippen LogP contribution in [0.3, 0.4) is 0 Å². The maximum atomic E-state index is 12.3. The van der Waals surface area contributed by atoms with Gasteiger partial charge < -0.3 is 15.8 Å². The van der Waals surface area contributed by atoms with Crippen molar-refractivity contribution in [2.24, 2.45) is 11.1 Å². The van der Waals surface area contributed by atoms with Gasteiger partial charge in [-0.2, -0.15) is 0 Å². The zero-order valence-electron chi connectivity index (χ0n) is 13.3. The lowest BCUT2D eigenvalue weighted by molar-refractivity contribution is -0.127. The molecule has 3 aliphatic rings. The van der Waals surface area contributed by atoms with Gasteiger partial charge in [0, 0.05) is 17.5 Å². The van der Waals surface area contributed by atoms with Crippen LogP contribution in [-0.4, -0.2) is 24.6 Å². The molecule has 2 saturated carbocycles. The zero-order valence-corrected chi connectivity index (χ0v) is 14.2. The van der Waals surface area contributed by atoms with Crippen molar-refractivity contribution in [2.45, 2.75) is 57.2 Å². The van der Waals surface area contributed by atoms with Gasteiger partial charge in [0.25, 0.3) is 0 Å². The standard InChI is InChI=1S/C18H24N2O2.ClH/c19-15-10-16(18(15)5-1-6-18)20-17(21)9-12-2-3-13-4-7-22-11-14(13)8-12;/h2-3,8,15-16H,1,4-7,9-11,19H2,(H,20,21);1H. The molecule has 2 aliphatic carbocycles. The highest BCUT2D eigenvalue weighted by atomic mass is 35.5. The number of ether oxygens (including phenoxy) is 1. The molecule has 23 heavy (non-hydrogen) atoms. The fourth-order valence-corrected chi connectivity index (χ4v) is 4.29. The van der Waals surface area contributed by atoms with Gasteiger partial charge in [-0.05, 0) is 42.4 Å². The third kappa shape index (κ3) is 2.88. The van der Waals surface area contributed by atoms with Gasteiger partial charge >= 0.3 is 0 Å². The second kappa shape index (κ2) is 6.42. The Kier molecular flexibility index (Phi) is 4.68. The molecule has 0 bridgehead atoms. The van der Waals surface area contributed by atoms with E-state index < -0.39 is 0 Å². The van der Waals surface area contributed by atoms with Gasteiger partial charge in [0.2, 0.25) is 5.91 Å². The molecule has 1 aliphatic heterocycles. The minimum Gasteiger partial charge on any atom is -0.376 e. The Bertz CT molecular complexity index is 601. The normalized spacial score (nSPS) is 27.2. The smallest absolute Gasteiger partial charge is 0.224 e. The molecule has 4 rings (SSSR count). The Labute approximate surface area is 143 Å². The van der Waals surface area contributed by atoms with E-state index in [0.717, 1.165) is 25.0 Å². The van der Waals surface area contributed by atoms with Gasteiger partial charge in [0.15, 0.2) is 0 Å². The molecule has 0 aromatic heterocycles. The molecule has 1 heterocycles. The molecule has 126 valence electrons. The molecule has 1 aromatic rings. The van der Waals surface area contributed by atoms with Crippen LogP contribution in [0.25, 0.3) is 0 Å². The first kappa shape index (κ1) is 16.7. The van der Waals surface area contributed by atoms with Crippen LogP contribution in [0.2, 0.25) is 0 Å². The van der Waals surface area contributed by atoms with Crippen LogP contribution in [0.1, 0.15) is 42.4 Å². The molecule has 1 aromatic carbocycles. The van der Waals surface area contributed by atoms with Crippen LogP contribution in [-0.2, 0) is 29.0 Å². The number of carbonyl (C=O) groups is 1. The number of fused-ring (bicyclic) bond motifs is 1. The maximum absolute atomic E-state index is 12.3. The first-order valence-corrected chi connectivity index (χ1v) is 8.41. The molecule has 1 amide bonds. The summed E-state index contributed by atoms with van der Waals surface area (Å²) in [6.07, 6.45) is 5.97. The number of hydrogen-bond acceptors (Lipinski definition) is 3. The summed E-state index contributed by atoms with van der Waals surface area (Å²) in [5.74, 6) is 0.125. The van der Waals surface area contributed by atoms with E-state index in [1.54, 1.807) is 0 Å². The highest BCUT2D eigenvalue weighted by Crippen LogP contribution is 2.55. The van der Waals surface area contributed by atoms with E-state index in [0.29, 0.717) is 19.1 Å². The van der Waals surface area contributed by atoms with E-state index in [9.17, 15) is 4.79 Å². The van der Waals surface area contributed by atoms with Crippen LogP contribution in [0.15, 0.2) is 18.2 Å². The fourth-order valence-electron chi connectivity index (χ4n) is 4.29. The summed E-state index contributed by atoms with van der Waals surface area (Å²) in [6.45, 7) is 1.47. The maximum Gasteiger partial charge on any atom is 0.224 e. The number of nitrogens with two attached hydrogens (primary N) is 1. The molecular formula is C18H25ClN2O2. The van der Waals surface area contributed by atoms with E-state index in [4.69, 9.17) is 10.5 Å². The minimum absolute atomic E-state index is 0. The quantitative estimate of drug-likeness (QED) is 0.888. The van der Waals surface area contributed by atoms with Crippen molar-refractivity contribution in [2.75, 3.05) is 6.61 Å². The van der Waals surface area contributed by atoms with Crippen molar-refractivity contribution in [3.05, 3.63) is 34.9 Å². The summed E-state index contributed by atoms with van der Waals surface area (Å²) >= 11 is 0. The Hall–Kier alpha value is -1.10. The Morgan fingerprint density at radius 1 is 1.35 bits per heavy atom. The van der Waals surface area contributed by atoms with E-state index in [-0.39, 0.29) is 29.8 Å². The summed E-state index contributed by atoms with van der Waals surface area (Å²) in [5.41, 5.74) is 10.0. The molecule has 5 heteroatoms. The monoisotopic (exact) mass is 336 g/mol. The van der Waals surface area contributed by atoms with Crippen molar-refractivity contribution in [1.82, 2.24) is 5.32 Å². The number of carbonyl (C=O) groups excluding carboxylic acids is 1. The van der Waals surface area contributed by atoms with Crippen LogP contribution in [0.5, 0.6) is 0 Å². The third-order valence-electron chi connectivity index (χ3n) is 5.95. The second-order valence-corrected chi connectivity index (χ2v) is 7.13. The van der Waals surface area contributed by atoms with Crippen LogP contribution in [0, 0.1) is 5.41 Å². The fraction of sp³-hybridized carbons (Fsp3) is 0.611. The molecule has 2 unspecified atom stereocenters. The lowest BCUT2D eigenvalue weighted by atomic mass is 9.50. The summed E-state index contributed by atoms with van der Waals surface area (Å²) < 4.78 is 5.49. The molecule has 3 N–H and O–H groups in total. The van der Waals surface area contributed by atoms with Gasteiger partial charge in [0.05, 0.1) is 19.6 Å². The molecule has 0 saturated heterocycles. The molecular weight excluding hydrogens is 312 g/mol. The summed E-state index contributed by atoms with van der Waals surface area (Å²) in [6, 6.07) is 6.93. The van der Waals surface area contributed by atoms with Crippen molar-refractivity contribution in [1.29, 1.82) is 0 Å². The first-order valence-electron chi connectivity index (χ1n) is 8.41. The van der Waals surface area contributed by atoms with E-state index in [2.05, 4.69) is 23.5 Å². The lowest BCUT2D eigenvalue weighted by Gasteiger charge is -2.60. The zero-order chi connectivity index (χ0) is 15.2. The largest absolute Gasteiger partial charge is 0.376 e. The molecule has 0 radical (unpaired) electrons. The summed E-state index contributed by atoms with van der Waals surface area (Å²) in [5, 5.41) is 3.22. The van der Waals surface area contributed by atoms with Crippen molar-refractivity contribution in [3.8, 4) is 0 Å². The average Bonchev–Trinajstić information content (AvgIpc) is 2.44. The predicted molar refractivity (Wildman–Crippen MR) is 91.6 cm³/mol. The van der Waals surface area contributed by atoms with Gasteiger partial charge in [0.1, 0.15) is 0 Å². The number of rotatable bonds is 3. The predicted octanol–water partition coefficient (Wildman–Crippen LogP) is 2.11. The molecule has 2 atom stereocenters. The molecule has 1 spiro atoms. The van der Waals surface area contributed by atoms with E-state index >= 15 is 0 Å². The van der Waals surface area contributed by atoms with Crippen LogP contribution < -0.4 is 11.1 Å². The van der Waals surface area contributed by atoms with Crippen LogP contribution >= 0.6 is 12.4 Å². The van der Waals surface area contributed by atoms with Crippen LogP contribution in [0.4, 0.5) is 0 Å². The SMILES string of the molecule is Cl.NC1CC(NC(=O)Cc2ccc3c(c2)COCC3)C12CCC2. The lowest BCUT2D eigenvalue weighted by Crippen LogP contribution is -2.69. The van der Waals surface area contributed by atoms with Gasteiger partial charge in [-0.3, -0.25) is 4.79 Å². The number of nitrogens with one attached hydrogen (secondary N) is 1. The third-order valence-corrected chi connectivity index (χ3v) is 5.95. The van der Waals surface area contributed by atoms with Gasteiger partial charge in [-0.1, -0.05) is 24.6 Å². The van der Waals surface area contributed by atoms with Crippen molar-refractivity contribution >= 4 is 18.3 Å². The highest BCUT2D eigenvalue weighted by Gasteiger charge is 2.56. The van der Waals surface area contributed by atoms with E-state index in [1.165, 1.54) is 30.4 Å². The van der Waals surface area contributed by atoms with Crippen molar-refractivity contribution < 1.29 is 9.53 Å². The average molecular weight is 337 g/mol. The first-order chi connectivity index (χ1) is 10.7. The van der Waals surface area contributed by atoms with Gasteiger partial charge in [-0.25, -0.2) is 0 Å². The number of amides is 1. The molecule has 4 nitrogen and oxygen atoms in total. The topological polar surface area (TPSA) is 64.3 Å². The second-order valence-electron chi connectivity index (χ2n) is 7.13. The number of halogens is 1. The minimum atomic E-state index is 0. The number of benzene rings is 1. The Morgan fingerprint density at radius 2 is 2.17 bits per heavy atom. The van der Waals surface area contributed by atoms with Crippen molar-refractivity contribution in [3.63, 3.8) is 0 Å². The Balaban J connectivity index is 0.00000156. The summed E-state index contributed by atoms with van der Waals surface area (Å²) in [4.78, 5) is 12.3. The molecule has 2 fully saturated rings. The van der Waals surface area contributed by atoms with Gasteiger partial charge in [-0.15, -0.1) is 12.4 Å².